The minimum absolute atomic E-state index is 0.0745. The number of anilines is 1. The van der Waals surface area contributed by atoms with Gasteiger partial charge in [-0.05, 0) is 24.3 Å². The zero-order chi connectivity index (χ0) is 17.5. The van der Waals surface area contributed by atoms with Gasteiger partial charge < -0.3 is 19.6 Å². The van der Waals surface area contributed by atoms with Crippen molar-refractivity contribution in [1.29, 1.82) is 0 Å². The van der Waals surface area contributed by atoms with Crippen LogP contribution in [-0.2, 0) is 10.0 Å². The summed E-state index contributed by atoms with van der Waals surface area (Å²) in [5.74, 6) is -0.660. The van der Waals surface area contributed by atoms with Gasteiger partial charge in [0.1, 0.15) is 21.9 Å². The van der Waals surface area contributed by atoms with Crippen molar-refractivity contribution < 1.29 is 22.3 Å². The van der Waals surface area contributed by atoms with Gasteiger partial charge in [-0.15, -0.1) is 0 Å². The number of nitrogens with zero attached hydrogens (tertiary/aromatic N) is 1. The summed E-state index contributed by atoms with van der Waals surface area (Å²) in [6.45, 7) is 0. The number of rotatable bonds is 4. The van der Waals surface area contributed by atoms with Crippen LogP contribution in [0.15, 0.2) is 50.5 Å². The Kier molecular flexibility index (Phi) is 3.72. The Hall–Kier alpha value is -2.94. The third kappa shape index (κ3) is 2.38. The Morgan fingerprint density at radius 2 is 1.83 bits per heavy atom. The van der Waals surface area contributed by atoms with Crippen molar-refractivity contribution in [3.63, 3.8) is 0 Å². The Morgan fingerprint density at radius 3 is 2.50 bits per heavy atom. The summed E-state index contributed by atoms with van der Waals surface area (Å²) < 4.78 is 41.7. The highest BCUT2D eigenvalue weighted by atomic mass is 32.2. The van der Waals surface area contributed by atoms with E-state index in [1.807, 2.05) is 0 Å². The molecule has 1 heterocycles. The molecule has 2 aromatic carbocycles. The van der Waals surface area contributed by atoms with E-state index in [1.165, 1.54) is 44.6 Å². The first-order valence-corrected chi connectivity index (χ1v) is 8.21. The highest BCUT2D eigenvalue weighted by molar-refractivity contribution is 7.90. The van der Waals surface area contributed by atoms with E-state index >= 15 is 0 Å². The van der Waals surface area contributed by atoms with Crippen molar-refractivity contribution in [3.8, 4) is 11.5 Å². The van der Waals surface area contributed by atoms with Gasteiger partial charge in [0.2, 0.25) is 0 Å². The zero-order valence-electron chi connectivity index (χ0n) is 12.8. The molecule has 0 spiro atoms. The fourth-order valence-corrected chi connectivity index (χ4v) is 3.84. The molecule has 9 heteroatoms. The standard InChI is InChI=1S/C15H14N2O6S/c1-21-10-4-6-12(22-2)14(8-10)24(19,20)17-11-5-3-9(16)7-13(11)23-15(17)18/h3-8H,16H2,1-2H3. The van der Waals surface area contributed by atoms with Crippen LogP contribution in [0.1, 0.15) is 0 Å². The van der Waals surface area contributed by atoms with E-state index in [4.69, 9.17) is 19.6 Å². The van der Waals surface area contributed by atoms with Crippen molar-refractivity contribution >= 4 is 26.8 Å². The molecular formula is C15H14N2O6S. The lowest BCUT2D eigenvalue weighted by molar-refractivity contribution is 0.392. The summed E-state index contributed by atoms with van der Waals surface area (Å²) in [7, 11) is -1.54. The zero-order valence-corrected chi connectivity index (χ0v) is 13.7. The van der Waals surface area contributed by atoms with Gasteiger partial charge in [-0.25, -0.2) is 13.2 Å². The van der Waals surface area contributed by atoms with Crippen LogP contribution in [0.4, 0.5) is 5.69 Å². The molecule has 0 saturated carbocycles. The Morgan fingerprint density at radius 1 is 1.08 bits per heavy atom. The molecule has 0 aliphatic rings. The second kappa shape index (κ2) is 5.60. The number of nitrogen functional groups attached to an aromatic ring is 1. The first-order chi connectivity index (χ1) is 11.4. The fraction of sp³-hybridized carbons (Fsp3) is 0.133. The van der Waals surface area contributed by atoms with Crippen LogP contribution >= 0.6 is 0 Å². The quantitative estimate of drug-likeness (QED) is 0.708. The molecule has 0 radical (unpaired) electrons. The van der Waals surface area contributed by atoms with Gasteiger partial charge in [-0.2, -0.15) is 3.97 Å². The van der Waals surface area contributed by atoms with Gasteiger partial charge in [0.05, 0.1) is 14.2 Å². The average molecular weight is 350 g/mol. The number of benzene rings is 2. The molecule has 0 saturated heterocycles. The number of methoxy groups -OCH3 is 2. The highest BCUT2D eigenvalue weighted by Gasteiger charge is 2.28. The molecule has 0 fully saturated rings. The van der Waals surface area contributed by atoms with Crippen LogP contribution in [0.25, 0.3) is 11.1 Å². The van der Waals surface area contributed by atoms with Gasteiger partial charge >= 0.3 is 5.76 Å². The molecule has 126 valence electrons. The van der Waals surface area contributed by atoms with Crippen molar-refractivity contribution in [3.05, 3.63) is 46.9 Å². The molecule has 0 aliphatic carbocycles. The third-order valence-electron chi connectivity index (χ3n) is 3.45. The number of aromatic nitrogens is 1. The summed E-state index contributed by atoms with van der Waals surface area (Å²) in [4.78, 5) is 11.9. The monoisotopic (exact) mass is 350 g/mol. The van der Waals surface area contributed by atoms with Crippen molar-refractivity contribution in [2.75, 3.05) is 20.0 Å². The number of ether oxygens (including phenoxy) is 2. The van der Waals surface area contributed by atoms with Crippen LogP contribution in [-0.4, -0.2) is 26.6 Å². The van der Waals surface area contributed by atoms with E-state index in [-0.39, 0.29) is 21.7 Å². The molecule has 3 rings (SSSR count). The van der Waals surface area contributed by atoms with Gasteiger partial charge in [0.25, 0.3) is 10.0 Å². The van der Waals surface area contributed by atoms with Crippen LogP contribution in [0.3, 0.4) is 0 Å². The van der Waals surface area contributed by atoms with Gasteiger partial charge in [-0.3, -0.25) is 0 Å². The van der Waals surface area contributed by atoms with Gasteiger partial charge in [0.15, 0.2) is 5.58 Å². The van der Waals surface area contributed by atoms with E-state index in [2.05, 4.69) is 0 Å². The Labute approximate surface area is 137 Å². The molecule has 3 aromatic rings. The smallest absolute Gasteiger partial charge is 0.434 e. The summed E-state index contributed by atoms with van der Waals surface area (Å²) in [6.07, 6.45) is 0. The maximum atomic E-state index is 13.0. The molecule has 0 bridgehead atoms. The van der Waals surface area contributed by atoms with Crippen LogP contribution in [0.2, 0.25) is 0 Å². The molecule has 0 aliphatic heterocycles. The van der Waals surface area contributed by atoms with Crippen molar-refractivity contribution in [1.82, 2.24) is 3.97 Å². The molecule has 24 heavy (non-hydrogen) atoms. The number of fused-ring (bicyclic) bond motifs is 1. The third-order valence-corrected chi connectivity index (χ3v) is 5.16. The predicted octanol–water partition coefficient (Wildman–Crippen LogP) is 1.43. The topological polar surface area (TPSA) is 114 Å². The lowest BCUT2D eigenvalue weighted by Crippen LogP contribution is -2.24. The maximum Gasteiger partial charge on any atom is 0.434 e. The average Bonchev–Trinajstić information content (AvgIpc) is 2.89. The number of nitrogens with two attached hydrogens (primary N) is 1. The molecule has 0 atom stereocenters. The summed E-state index contributed by atoms with van der Waals surface area (Å²) >= 11 is 0. The second-order valence-electron chi connectivity index (χ2n) is 4.88. The first kappa shape index (κ1) is 15.9. The van der Waals surface area contributed by atoms with Crippen LogP contribution in [0, 0.1) is 0 Å². The van der Waals surface area contributed by atoms with E-state index < -0.39 is 15.8 Å². The fourth-order valence-electron chi connectivity index (χ4n) is 2.33. The lowest BCUT2D eigenvalue weighted by atomic mass is 10.3. The summed E-state index contributed by atoms with van der Waals surface area (Å²) in [5, 5.41) is 0. The van der Waals surface area contributed by atoms with E-state index in [1.54, 1.807) is 6.07 Å². The minimum atomic E-state index is -4.28. The lowest BCUT2D eigenvalue weighted by Gasteiger charge is -2.11. The number of hydrogen-bond donors (Lipinski definition) is 1. The van der Waals surface area contributed by atoms with Crippen LogP contribution in [0.5, 0.6) is 11.5 Å². The molecule has 1 aromatic heterocycles. The SMILES string of the molecule is COc1ccc(OC)c(S(=O)(=O)n2c(=O)oc3cc(N)ccc32)c1. The highest BCUT2D eigenvalue weighted by Crippen LogP contribution is 2.31. The minimum Gasteiger partial charge on any atom is -0.497 e. The Balaban J connectivity index is 2.34. The van der Waals surface area contributed by atoms with E-state index in [0.29, 0.717) is 15.4 Å². The molecular weight excluding hydrogens is 336 g/mol. The predicted molar refractivity (Wildman–Crippen MR) is 87.0 cm³/mol. The summed E-state index contributed by atoms with van der Waals surface area (Å²) in [5.41, 5.74) is 6.13. The first-order valence-electron chi connectivity index (χ1n) is 6.77. The molecule has 0 unspecified atom stereocenters. The second-order valence-corrected chi connectivity index (χ2v) is 6.64. The van der Waals surface area contributed by atoms with Gasteiger partial charge in [0, 0.05) is 17.8 Å². The van der Waals surface area contributed by atoms with E-state index in [9.17, 15) is 13.2 Å². The molecule has 2 N–H and O–H groups in total. The van der Waals surface area contributed by atoms with Gasteiger partial charge in [-0.1, -0.05) is 0 Å². The largest absolute Gasteiger partial charge is 0.497 e. The van der Waals surface area contributed by atoms with E-state index in [0.717, 1.165) is 0 Å². The number of oxazole rings is 1. The summed E-state index contributed by atoms with van der Waals surface area (Å²) in [6, 6.07) is 8.53. The number of hydrogen-bond acceptors (Lipinski definition) is 7. The molecule has 8 nitrogen and oxygen atoms in total. The van der Waals surface area contributed by atoms with Crippen LogP contribution < -0.4 is 21.0 Å². The van der Waals surface area contributed by atoms with Crippen molar-refractivity contribution in [2.45, 2.75) is 4.90 Å². The maximum absolute atomic E-state index is 13.0. The normalized spacial score (nSPS) is 11.6. The van der Waals surface area contributed by atoms with Crippen molar-refractivity contribution in [2.24, 2.45) is 0 Å². The Bertz CT molecular complexity index is 1080. The molecule has 0 amide bonds.